The number of carbonyl (C=O) groups is 3. The van der Waals surface area contributed by atoms with Crippen molar-refractivity contribution >= 4 is 17.8 Å². The Morgan fingerprint density at radius 1 is 0.848 bits per heavy atom. The molecule has 0 saturated heterocycles. The highest BCUT2D eigenvalue weighted by Gasteiger charge is 2.58. The molecule has 2 amide bonds. The van der Waals surface area contributed by atoms with E-state index in [2.05, 4.69) is 20.6 Å². The smallest absolute Gasteiger partial charge is 0.356 e. The zero-order chi connectivity index (χ0) is 23.2. The van der Waals surface area contributed by atoms with Gasteiger partial charge in [0.1, 0.15) is 17.1 Å². The van der Waals surface area contributed by atoms with Crippen LogP contribution in [-0.2, 0) is 4.74 Å². The molecule has 4 bridgehead atoms. The fourth-order valence-corrected chi connectivity index (χ4v) is 6.61. The average molecular weight is 449 g/mol. The quantitative estimate of drug-likeness (QED) is 0.681. The summed E-state index contributed by atoms with van der Waals surface area (Å²) < 4.78 is 4.72. The summed E-state index contributed by atoms with van der Waals surface area (Å²) in [6.45, 7) is 1.87. The number of carbonyl (C=O) groups excluding carboxylic acids is 3. The summed E-state index contributed by atoms with van der Waals surface area (Å²) in [7, 11) is 1.28. The minimum atomic E-state index is -0.578. The van der Waals surface area contributed by atoms with Gasteiger partial charge in [0.2, 0.25) is 0 Å². The van der Waals surface area contributed by atoms with Crippen LogP contribution in [0.25, 0.3) is 0 Å². The highest BCUT2D eigenvalue weighted by molar-refractivity contribution is 5.95. The van der Waals surface area contributed by atoms with Crippen LogP contribution in [0.1, 0.15) is 75.7 Å². The van der Waals surface area contributed by atoms with Crippen LogP contribution >= 0.6 is 0 Å². The first-order chi connectivity index (χ1) is 15.8. The molecule has 2 aromatic heterocycles. The normalized spacial score (nSPS) is 29.4. The first kappa shape index (κ1) is 21.6. The van der Waals surface area contributed by atoms with Crippen molar-refractivity contribution in [1.82, 2.24) is 20.6 Å². The van der Waals surface area contributed by atoms with E-state index in [0.717, 1.165) is 37.8 Å². The number of methoxy groups -OCH3 is 1. The van der Waals surface area contributed by atoms with E-state index >= 15 is 0 Å². The van der Waals surface area contributed by atoms with Crippen LogP contribution in [0.4, 0.5) is 0 Å². The van der Waals surface area contributed by atoms with Gasteiger partial charge in [0.25, 0.3) is 11.8 Å². The van der Waals surface area contributed by atoms with Crippen molar-refractivity contribution in [2.45, 2.75) is 56.5 Å². The second-order valence-electron chi connectivity index (χ2n) is 9.99. The van der Waals surface area contributed by atoms with E-state index in [1.807, 2.05) is 19.1 Å². The van der Waals surface area contributed by atoms with E-state index in [0.29, 0.717) is 24.0 Å². The number of rotatable bonds is 5. The van der Waals surface area contributed by atoms with Crippen LogP contribution in [0.3, 0.4) is 0 Å². The minimum Gasteiger partial charge on any atom is -0.464 e. The van der Waals surface area contributed by atoms with Gasteiger partial charge in [0, 0.05) is 16.8 Å². The van der Waals surface area contributed by atoms with Crippen molar-refractivity contribution in [2.75, 3.05) is 7.11 Å². The third kappa shape index (κ3) is 4.10. The average Bonchev–Trinajstić information content (AvgIpc) is 2.77. The van der Waals surface area contributed by atoms with Gasteiger partial charge in [-0.1, -0.05) is 12.1 Å². The Labute approximate surface area is 192 Å². The van der Waals surface area contributed by atoms with Crippen LogP contribution < -0.4 is 10.6 Å². The number of esters is 1. The Kier molecular flexibility index (Phi) is 5.18. The highest BCUT2D eigenvalue weighted by Crippen LogP contribution is 2.57. The molecule has 0 aromatic carbocycles. The van der Waals surface area contributed by atoms with Crippen molar-refractivity contribution in [3.8, 4) is 0 Å². The van der Waals surface area contributed by atoms with E-state index in [4.69, 9.17) is 4.74 Å². The molecule has 2 heterocycles. The van der Waals surface area contributed by atoms with Crippen molar-refractivity contribution in [3.05, 3.63) is 59.2 Å². The Bertz CT molecular complexity index is 1120. The van der Waals surface area contributed by atoms with Crippen molar-refractivity contribution < 1.29 is 19.1 Å². The highest BCUT2D eigenvalue weighted by atomic mass is 16.5. The molecule has 6 rings (SSSR count). The SMILES string of the molecule is COC(=O)c1cccc(C(=O)NC23CC4CC(CC(NC(=O)c5cccc(C)n5)(C4)C2)C3)n1. The van der Waals surface area contributed by atoms with Gasteiger partial charge in [-0.3, -0.25) is 9.59 Å². The van der Waals surface area contributed by atoms with Gasteiger partial charge in [-0.15, -0.1) is 0 Å². The van der Waals surface area contributed by atoms with Crippen LogP contribution in [0.2, 0.25) is 0 Å². The van der Waals surface area contributed by atoms with Gasteiger partial charge >= 0.3 is 5.97 Å². The second-order valence-corrected chi connectivity index (χ2v) is 9.99. The van der Waals surface area contributed by atoms with E-state index in [1.54, 1.807) is 18.2 Å². The molecule has 8 nitrogen and oxygen atoms in total. The second kappa shape index (κ2) is 7.93. The molecule has 2 atom stereocenters. The summed E-state index contributed by atoms with van der Waals surface area (Å²) in [5.41, 5.74) is 0.783. The summed E-state index contributed by atoms with van der Waals surface area (Å²) in [6, 6.07) is 10.2. The van der Waals surface area contributed by atoms with Crippen LogP contribution in [0.15, 0.2) is 36.4 Å². The minimum absolute atomic E-state index is 0.102. The largest absolute Gasteiger partial charge is 0.464 e. The monoisotopic (exact) mass is 448 g/mol. The van der Waals surface area contributed by atoms with E-state index in [-0.39, 0.29) is 28.7 Å². The molecule has 0 spiro atoms. The van der Waals surface area contributed by atoms with E-state index in [9.17, 15) is 14.4 Å². The van der Waals surface area contributed by atoms with Crippen LogP contribution in [-0.4, -0.2) is 45.9 Å². The number of pyridine rings is 2. The number of amides is 2. The maximum absolute atomic E-state index is 13.2. The first-order valence-electron chi connectivity index (χ1n) is 11.4. The van der Waals surface area contributed by atoms with Gasteiger partial charge in [0.15, 0.2) is 0 Å². The maximum Gasteiger partial charge on any atom is 0.356 e. The van der Waals surface area contributed by atoms with Crippen molar-refractivity contribution in [3.63, 3.8) is 0 Å². The molecule has 172 valence electrons. The van der Waals surface area contributed by atoms with Gasteiger partial charge in [-0.05, 0) is 81.5 Å². The molecule has 4 aliphatic carbocycles. The van der Waals surface area contributed by atoms with Gasteiger partial charge in [-0.2, -0.15) is 0 Å². The number of aromatic nitrogens is 2. The Morgan fingerprint density at radius 2 is 1.36 bits per heavy atom. The number of hydrogen-bond donors (Lipinski definition) is 2. The number of aryl methyl sites for hydroxylation is 1. The summed E-state index contributed by atoms with van der Waals surface area (Å²) in [5, 5.41) is 6.56. The predicted octanol–water partition coefficient (Wildman–Crippen LogP) is 2.82. The number of hydrogen-bond acceptors (Lipinski definition) is 6. The van der Waals surface area contributed by atoms with Crippen molar-refractivity contribution in [1.29, 1.82) is 0 Å². The first-order valence-corrected chi connectivity index (χ1v) is 11.4. The van der Waals surface area contributed by atoms with Crippen LogP contribution in [0, 0.1) is 18.8 Å². The summed E-state index contributed by atoms with van der Waals surface area (Å²) >= 11 is 0. The Balaban J connectivity index is 1.36. The lowest BCUT2D eigenvalue weighted by Gasteiger charge is -2.62. The zero-order valence-corrected chi connectivity index (χ0v) is 18.9. The molecule has 4 aliphatic rings. The van der Waals surface area contributed by atoms with E-state index < -0.39 is 11.5 Å². The standard InChI is InChI=1S/C25H28N4O4/c1-15-5-3-6-18(26-15)21(30)28-24-10-16-9-17(11-24)13-25(12-16,14-24)29-22(31)19-7-4-8-20(27-19)23(32)33-2/h3-8,16-17H,9-14H2,1-2H3,(H,28,30)(H,29,31). The summed E-state index contributed by atoms with van der Waals surface area (Å²) in [4.78, 5) is 46.6. The fraction of sp³-hybridized carbons (Fsp3) is 0.480. The third-order valence-electron chi connectivity index (χ3n) is 7.32. The molecule has 0 aliphatic heterocycles. The molecule has 2 aromatic rings. The molecular formula is C25H28N4O4. The molecule has 2 N–H and O–H groups in total. The molecule has 8 heteroatoms. The third-order valence-corrected chi connectivity index (χ3v) is 7.32. The van der Waals surface area contributed by atoms with Crippen LogP contribution in [0.5, 0.6) is 0 Å². The molecule has 4 saturated carbocycles. The lowest BCUT2D eigenvalue weighted by Crippen LogP contribution is -2.70. The predicted molar refractivity (Wildman–Crippen MR) is 120 cm³/mol. The zero-order valence-electron chi connectivity index (χ0n) is 18.9. The number of nitrogens with one attached hydrogen (secondary N) is 2. The number of ether oxygens (including phenoxy) is 1. The summed E-state index contributed by atoms with van der Waals surface area (Å²) in [5.74, 6) is -0.136. The maximum atomic E-state index is 13.2. The lowest BCUT2D eigenvalue weighted by atomic mass is 9.49. The number of nitrogens with zero attached hydrogens (tertiary/aromatic N) is 2. The van der Waals surface area contributed by atoms with Gasteiger partial charge in [-0.25, -0.2) is 14.8 Å². The van der Waals surface area contributed by atoms with E-state index in [1.165, 1.54) is 13.2 Å². The van der Waals surface area contributed by atoms with Gasteiger partial charge in [0.05, 0.1) is 7.11 Å². The van der Waals surface area contributed by atoms with Crippen molar-refractivity contribution in [2.24, 2.45) is 11.8 Å². The topological polar surface area (TPSA) is 110 Å². The molecule has 2 unspecified atom stereocenters. The molecular weight excluding hydrogens is 420 g/mol. The molecule has 0 radical (unpaired) electrons. The summed E-state index contributed by atoms with van der Waals surface area (Å²) in [6.07, 6.45) is 5.46. The molecule has 33 heavy (non-hydrogen) atoms. The van der Waals surface area contributed by atoms with Gasteiger partial charge < -0.3 is 15.4 Å². The fourth-order valence-electron chi connectivity index (χ4n) is 6.61. The lowest BCUT2D eigenvalue weighted by molar-refractivity contribution is -0.0449. The molecule has 4 fully saturated rings. The Morgan fingerprint density at radius 3 is 1.91 bits per heavy atom. The Hall–Kier alpha value is -3.29.